The Morgan fingerprint density at radius 2 is 1.50 bits per heavy atom. The number of urea groups is 1. The Hall–Kier alpha value is -2.12. The molecule has 0 unspecified atom stereocenters. The molecule has 0 saturated carbocycles. The molecule has 0 spiro atoms. The highest BCUT2D eigenvalue weighted by Crippen LogP contribution is 2.10. The van der Waals surface area contributed by atoms with Crippen LogP contribution in [0.2, 0.25) is 0 Å². The van der Waals surface area contributed by atoms with Crippen LogP contribution in [0.4, 0.5) is 4.79 Å². The SMILES string of the molecule is CCc1ccc(CN(C)C(=O)CN2CCN(C(=O)N3CCOCC3)CC2)cc1. The molecule has 0 aliphatic carbocycles. The van der Waals surface area contributed by atoms with Crippen molar-refractivity contribution in [3.63, 3.8) is 0 Å². The summed E-state index contributed by atoms with van der Waals surface area (Å²) in [6.45, 7) is 8.56. The fraction of sp³-hybridized carbons (Fsp3) is 0.619. The highest BCUT2D eigenvalue weighted by Gasteiger charge is 2.27. The first-order valence-corrected chi connectivity index (χ1v) is 10.2. The van der Waals surface area contributed by atoms with Crippen LogP contribution >= 0.6 is 0 Å². The van der Waals surface area contributed by atoms with E-state index in [1.807, 2.05) is 16.8 Å². The van der Waals surface area contributed by atoms with Gasteiger partial charge in [-0.1, -0.05) is 31.2 Å². The van der Waals surface area contributed by atoms with Crippen molar-refractivity contribution in [2.75, 3.05) is 66.1 Å². The van der Waals surface area contributed by atoms with E-state index in [0.717, 1.165) is 25.1 Å². The van der Waals surface area contributed by atoms with Crippen molar-refractivity contribution in [2.45, 2.75) is 19.9 Å². The predicted octanol–water partition coefficient (Wildman–Crippen LogP) is 1.28. The largest absolute Gasteiger partial charge is 0.378 e. The average molecular weight is 389 g/mol. The quantitative estimate of drug-likeness (QED) is 0.763. The zero-order valence-electron chi connectivity index (χ0n) is 17.1. The van der Waals surface area contributed by atoms with Crippen LogP contribution < -0.4 is 0 Å². The number of piperazine rings is 1. The lowest BCUT2D eigenvalue weighted by Gasteiger charge is -2.38. The summed E-state index contributed by atoms with van der Waals surface area (Å²) in [5.74, 6) is 0.118. The van der Waals surface area contributed by atoms with Crippen molar-refractivity contribution in [3.05, 3.63) is 35.4 Å². The topological polar surface area (TPSA) is 56.3 Å². The van der Waals surface area contributed by atoms with Gasteiger partial charge in [-0.05, 0) is 17.5 Å². The van der Waals surface area contributed by atoms with Crippen molar-refractivity contribution in [3.8, 4) is 0 Å². The number of morpholine rings is 1. The van der Waals surface area contributed by atoms with Gasteiger partial charge in [-0.2, -0.15) is 0 Å². The number of ether oxygens (including phenoxy) is 1. The molecule has 2 fully saturated rings. The average Bonchev–Trinajstić information content (AvgIpc) is 2.75. The maximum Gasteiger partial charge on any atom is 0.320 e. The van der Waals surface area contributed by atoms with E-state index < -0.39 is 0 Å². The second-order valence-corrected chi connectivity index (χ2v) is 7.57. The number of likely N-dealkylation sites (N-methyl/N-ethyl adjacent to an activating group) is 1. The molecule has 154 valence electrons. The minimum atomic E-state index is 0.0990. The number of carbonyl (C=O) groups is 2. The number of hydrogen-bond donors (Lipinski definition) is 0. The number of benzene rings is 1. The zero-order chi connectivity index (χ0) is 19.9. The van der Waals surface area contributed by atoms with Crippen LogP contribution in [0.15, 0.2) is 24.3 Å². The monoisotopic (exact) mass is 388 g/mol. The zero-order valence-corrected chi connectivity index (χ0v) is 17.1. The third-order valence-corrected chi connectivity index (χ3v) is 5.56. The Bertz CT molecular complexity index is 650. The fourth-order valence-corrected chi connectivity index (χ4v) is 3.61. The van der Waals surface area contributed by atoms with E-state index in [4.69, 9.17) is 4.74 Å². The lowest BCUT2D eigenvalue weighted by molar-refractivity contribution is -0.132. The van der Waals surface area contributed by atoms with Gasteiger partial charge in [-0.25, -0.2) is 4.79 Å². The van der Waals surface area contributed by atoms with Gasteiger partial charge < -0.3 is 19.4 Å². The first-order valence-electron chi connectivity index (χ1n) is 10.2. The van der Waals surface area contributed by atoms with Crippen LogP contribution in [-0.4, -0.2) is 97.6 Å². The lowest BCUT2D eigenvalue weighted by atomic mass is 10.1. The number of hydrogen-bond acceptors (Lipinski definition) is 4. The summed E-state index contributed by atoms with van der Waals surface area (Å²) in [5.41, 5.74) is 2.45. The van der Waals surface area contributed by atoms with Gasteiger partial charge in [0, 0.05) is 52.9 Å². The van der Waals surface area contributed by atoms with E-state index in [0.29, 0.717) is 52.5 Å². The van der Waals surface area contributed by atoms with E-state index in [9.17, 15) is 9.59 Å². The van der Waals surface area contributed by atoms with Crippen molar-refractivity contribution in [1.29, 1.82) is 0 Å². The second-order valence-electron chi connectivity index (χ2n) is 7.57. The molecule has 0 radical (unpaired) electrons. The Morgan fingerprint density at radius 1 is 0.929 bits per heavy atom. The van der Waals surface area contributed by atoms with Gasteiger partial charge in [0.1, 0.15) is 0 Å². The van der Waals surface area contributed by atoms with Crippen LogP contribution in [0, 0.1) is 0 Å². The van der Waals surface area contributed by atoms with E-state index in [1.54, 1.807) is 4.90 Å². The normalized spacial score (nSPS) is 18.2. The molecule has 2 aliphatic rings. The van der Waals surface area contributed by atoms with E-state index in [-0.39, 0.29) is 11.9 Å². The summed E-state index contributed by atoms with van der Waals surface area (Å²) < 4.78 is 5.31. The molecule has 28 heavy (non-hydrogen) atoms. The Balaban J connectivity index is 1.41. The van der Waals surface area contributed by atoms with Gasteiger partial charge in [0.05, 0.1) is 19.8 Å². The van der Waals surface area contributed by atoms with Crippen LogP contribution in [0.25, 0.3) is 0 Å². The summed E-state index contributed by atoms with van der Waals surface area (Å²) >= 11 is 0. The molecule has 1 aromatic rings. The van der Waals surface area contributed by atoms with Gasteiger partial charge in [-0.3, -0.25) is 9.69 Å². The molecule has 2 aliphatic heterocycles. The molecule has 1 aromatic carbocycles. The smallest absolute Gasteiger partial charge is 0.320 e. The lowest BCUT2D eigenvalue weighted by Crippen LogP contribution is -2.55. The fourth-order valence-electron chi connectivity index (χ4n) is 3.61. The molecule has 2 heterocycles. The highest BCUT2D eigenvalue weighted by atomic mass is 16.5. The minimum Gasteiger partial charge on any atom is -0.378 e. The van der Waals surface area contributed by atoms with Crippen molar-refractivity contribution < 1.29 is 14.3 Å². The van der Waals surface area contributed by atoms with Crippen LogP contribution in [0.5, 0.6) is 0 Å². The third-order valence-electron chi connectivity index (χ3n) is 5.56. The predicted molar refractivity (Wildman–Crippen MR) is 108 cm³/mol. The molecule has 3 rings (SSSR count). The molecule has 7 nitrogen and oxygen atoms in total. The Kier molecular flexibility index (Phi) is 7.28. The molecular formula is C21H32N4O3. The van der Waals surface area contributed by atoms with Crippen molar-refractivity contribution in [1.82, 2.24) is 19.6 Å². The summed E-state index contributed by atoms with van der Waals surface area (Å²) in [6, 6.07) is 8.54. The molecule has 0 atom stereocenters. The van der Waals surface area contributed by atoms with Crippen LogP contribution in [-0.2, 0) is 22.5 Å². The van der Waals surface area contributed by atoms with Gasteiger partial charge in [0.15, 0.2) is 0 Å². The molecule has 7 heteroatoms. The van der Waals surface area contributed by atoms with E-state index in [2.05, 4.69) is 36.1 Å². The maximum absolute atomic E-state index is 12.6. The van der Waals surface area contributed by atoms with Crippen molar-refractivity contribution >= 4 is 11.9 Å². The van der Waals surface area contributed by atoms with Gasteiger partial charge in [-0.15, -0.1) is 0 Å². The Labute approximate surface area is 167 Å². The second kappa shape index (κ2) is 9.89. The first kappa shape index (κ1) is 20.6. The summed E-state index contributed by atoms with van der Waals surface area (Å²) in [5, 5.41) is 0. The third kappa shape index (κ3) is 5.45. The van der Waals surface area contributed by atoms with Gasteiger partial charge >= 0.3 is 6.03 Å². The first-order chi connectivity index (χ1) is 13.6. The number of nitrogens with zero attached hydrogens (tertiary/aromatic N) is 4. The van der Waals surface area contributed by atoms with E-state index in [1.165, 1.54) is 5.56 Å². The van der Waals surface area contributed by atoms with Crippen molar-refractivity contribution in [2.24, 2.45) is 0 Å². The van der Waals surface area contributed by atoms with Crippen LogP contribution in [0.1, 0.15) is 18.1 Å². The molecule has 3 amide bonds. The maximum atomic E-state index is 12.6. The number of rotatable bonds is 5. The van der Waals surface area contributed by atoms with Crippen LogP contribution in [0.3, 0.4) is 0 Å². The summed E-state index contributed by atoms with van der Waals surface area (Å²) in [4.78, 5) is 32.8. The molecule has 2 saturated heterocycles. The number of carbonyl (C=O) groups excluding carboxylic acids is 2. The van der Waals surface area contributed by atoms with E-state index >= 15 is 0 Å². The van der Waals surface area contributed by atoms with Gasteiger partial charge in [0.2, 0.25) is 5.91 Å². The highest BCUT2D eigenvalue weighted by molar-refractivity contribution is 5.78. The summed E-state index contributed by atoms with van der Waals surface area (Å²) in [7, 11) is 1.86. The molecule has 0 N–H and O–H groups in total. The molecule has 0 bridgehead atoms. The Morgan fingerprint density at radius 3 is 2.11 bits per heavy atom. The standard InChI is InChI=1S/C21H32N4O3/c1-3-18-4-6-19(7-5-18)16-22(2)20(26)17-23-8-10-24(11-9-23)21(27)25-12-14-28-15-13-25/h4-7H,3,8-17H2,1-2H3. The number of aryl methyl sites for hydroxylation is 1. The number of amides is 3. The minimum absolute atomic E-state index is 0.0990. The van der Waals surface area contributed by atoms with Gasteiger partial charge in [0.25, 0.3) is 0 Å². The summed E-state index contributed by atoms with van der Waals surface area (Å²) in [6.07, 6.45) is 1.02. The molecular weight excluding hydrogens is 356 g/mol. The molecule has 0 aromatic heterocycles.